The van der Waals surface area contributed by atoms with Gasteiger partial charge in [0, 0.05) is 6.42 Å². The molecule has 5 unspecified atom stereocenters. The highest BCUT2D eigenvalue weighted by Crippen LogP contribution is 2.52. The number of fused-ring (bicyclic) bond motifs is 5. The highest BCUT2D eigenvalue weighted by molar-refractivity contribution is 6.06. The second-order valence-electron chi connectivity index (χ2n) is 7.07. The van der Waals surface area contributed by atoms with Crippen molar-refractivity contribution in [2.75, 3.05) is 0 Å². The molecule has 5 atom stereocenters. The predicted molar refractivity (Wildman–Crippen MR) is 90.8 cm³/mol. The van der Waals surface area contributed by atoms with Crippen LogP contribution >= 0.6 is 0 Å². The van der Waals surface area contributed by atoms with Crippen LogP contribution in [0.4, 0.5) is 4.79 Å². The number of benzene rings is 1. The third kappa shape index (κ3) is 2.97. The van der Waals surface area contributed by atoms with Gasteiger partial charge in [0.05, 0.1) is 11.8 Å². The number of carboxylic acids is 1. The van der Waals surface area contributed by atoms with Crippen molar-refractivity contribution in [3.63, 3.8) is 0 Å². The fourth-order valence-electron chi connectivity index (χ4n) is 4.27. The Bertz CT molecular complexity index is 806. The molecule has 0 radical (unpaired) electrons. The van der Waals surface area contributed by atoms with Gasteiger partial charge in [-0.05, 0) is 23.8 Å². The monoisotopic (exact) mass is 370 g/mol. The molecule has 4 rings (SSSR count). The van der Waals surface area contributed by atoms with Crippen molar-refractivity contribution in [1.82, 2.24) is 10.4 Å². The van der Waals surface area contributed by atoms with Crippen molar-refractivity contribution < 1.29 is 29.1 Å². The highest BCUT2D eigenvalue weighted by atomic mass is 16.7. The number of hydrogen-bond acceptors (Lipinski definition) is 5. The fourth-order valence-corrected chi connectivity index (χ4v) is 4.27. The van der Waals surface area contributed by atoms with E-state index in [9.17, 15) is 24.3 Å². The summed E-state index contributed by atoms with van der Waals surface area (Å²) in [5.41, 5.74) is 0.718. The summed E-state index contributed by atoms with van der Waals surface area (Å²) in [6.45, 7) is 0. The molecule has 0 aromatic heterocycles. The van der Waals surface area contributed by atoms with Gasteiger partial charge in [-0.15, -0.1) is 5.06 Å². The van der Waals surface area contributed by atoms with Crippen LogP contribution in [0.2, 0.25) is 0 Å². The predicted octanol–water partition coefficient (Wildman–Crippen LogP) is 1.13. The van der Waals surface area contributed by atoms with E-state index >= 15 is 0 Å². The van der Waals surface area contributed by atoms with Crippen molar-refractivity contribution >= 4 is 23.9 Å². The lowest BCUT2D eigenvalue weighted by Gasteiger charge is -2.18. The first-order chi connectivity index (χ1) is 13.0. The van der Waals surface area contributed by atoms with Crippen molar-refractivity contribution in [3.8, 4) is 0 Å². The van der Waals surface area contributed by atoms with Crippen molar-refractivity contribution in [2.45, 2.75) is 18.9 Å². The molecule has 3 amide bonds. The Morgan fingerprint density at radius 1 is 1.11 bits per heavy atom. The van der Waals surface area contributed by atoms with Gasteiger partial charge in [-0.1, -0.05) is 42.5 Å². The Morgan fingerprint density at radius 2 is 1.70 bits per heavy atom. The van der Waals surface area contributed by atoms with E-state index in [0.717, 1.165) is 12.0 Å². The number of nitrogens with one attached hydrogen (secondary N) is 1. The second-order valence-corrected chi connectivity index (χ2v) is 7.07. The van der Waals surface area contributed by atoms with Crippen LogP contribution < -0.4 is 5.32 Å². The number of hydroxylamine groups is 2. The minimum atomic E-state index is -1.25. The van der Waals surface area contributed by atoms with Gasteiger partial charge in [0.2, 0.25) is 0 Å². The number of hydrogen-bond donors (Lipinski definition) is 2. The van der Waals surface area contributed by atoms with Gasteiger partial charge in [0.1, 0.15) is 6.04 Å². The van der Waals surface area contributed by atoms with E-state index in [1.807, 2.05) is 12.2 Å². The number of amides is 3. The van der Waals surface area contributed by atoms with Gasteiger partial charge in [0.15, 0.2) is 0 Å². The van der Waals surface area contributed by atoms with Crippen LogP contribution in [0.5, 0.6) is 0 Å². The zero-order valence-electron chi connectivity index (χ0n) is 14.3. The molecule has 2 N–H and O–H groups in total. The molecule has 1 aliphatic heterocycles. The number of nitrogens with zero attached hydrogens (tertiary/aromatic N) is 1. The molecule has 2 fully saturated rings. The maximum Gasteiger partial charge on any atom is 0.432 e. The lowest BCUT2D eigenvalue weighted by atomic mass is 9.85. The number of allylic oxidation sites excluding steroid dienone is 2. The summed E-state index contributed by atoms with van der Waals surface area (Å²) in [4.78, 5) is 53.4. The number of aliphatic carboxylic acids is 1. The zero-order chi connectivity index (χ0) is 19.1. The molecule has 140 valence electrons. The summed E-state index contributed by atoms with van der Waals surface area (Å²) in [7, 11) is 0. The normalized spacial score (nSPS) is 29.0. The Morgan fingerprint density at radius 3 is 2.26 bits per heavy atom. The zero-order valence-corrected chi connectivity index (χ0v) is 14.3. The molecular weight excluding hydrogens is 352 g/mol. The van der Waals surface area contributed by atoms with Crippen molar-refractivity contribution in [2.24, 2.45) is 23.7 Å². The molecule has 2 aliphatic carbocycles. The van der Waals surface area contributed by atoms with E-state index in [4.69, 9.17) is 4.84 Å². The number of carboxylic acid groups (broad SMARTS) is 1. The van der Waals surface area contributed by atoms with Crippen LogP contribution in [-0.4, -0.2) is 40.1 Å². The number of carbonyl (C=O) groups excluding carboxylic acids is 3. The average molecular weight is 370 g/mol. The smallest absolute Gasteiger partial charge is 0.432 e. The van der Waals surface area contributed by atoms with Gasteiger partial charge in [-0.2, -0.15) is 0 Å². The van der Waals surface area contributed by atoms with Gasteiger partial charge in [-0.3, -0.25) is 9.59 Å². The van der Waals surface area contributed by atoms with Crippen LogP contribution in [0.3, 0.4) is 0 Å². The molecule has 8 nitrogen and oxygen atoms in total. The van der Waals surface area contributed by atoms with E-state index < -0.39 is 41.8 Å². The molecule has 1 saturated carbocycles. The van der Waals surface area contributed by atoms with Crippen molar-refractivity contribution in [3.05, 3.63) is 48.0 Å². The Labute approximate surface area is 154 Å². The standard InChI is InChI=1S/C19H18N2O6/c22-16-14-11-6-7-12(9-11)15(14)17(23)21(16)27-19(26)20-13(18(24)25)8-10-4-2-1-3-5-10/h1-7,11-15H,8-9H2,(H,20,26)(H,24,25). The minimum absolute atomic E-state index is 0.00189. The summed E-state index contributed by atoms with van der Waals surface area (Å²) in [5.74, 6) is -3.29. The van der Waals surface area contributed by atoms with E-state index in [-0.39, 0.29) is 18.3 Å². The number of imide groups is 1. The molecule has 1 heterocycles. The van der Waals surface area contributed by atoms with Crippen LogP contribution in [0, 0.1) is 23.7 Å². The van der Waals surface area contributed by atoms with Crippen LogP contribution in [0.25, 0.3) is 0 Å². The van der Waals surface area contributed by atoms with E-state index in [1.54, 1.807) is 30.3 Å². The Balaban J connectivity index is 1.41. The van der Waals surface area contributed by atoms with Gasteiger partial charge in [0.25, 0.3) is 11.8 Å². The van der Waals surface area contributed by atoms with Gasteiger partial charge >= 0.3 is 12.1 Å². The molecule has 0 spiro atoms. The number of carbonyl (C=O) groups is 4. The molecule has 2 bridgehead atoms. The first kappa shape index (κ1) is 17.3. The summed E-state index contributed by atoms with van der Waals surface area (Å²) >= 11 is 0. The Kier molecular flexibility index (Phi) is 4.18. The second kappa shape index (κ2) is 6.53. The highest BCUT2D eigenvalue weighted by Gasteiger charge is 2.60. The molecule has 1 aromatic rings. The summed E-state index contributed by atoms with van der Waals surface area (Å²) in [6, 6.07) is 7.54. The summed E-state index contributed by atoms with van der Waals surface area (Å²) < 4.78 is 0. The third-order valence-corrected chi connectivity index (χ3v) is 5.48. The molecule has 1 saturated heterocycles. The van der Waals surface area contributed by atoms with Crippen LogP contribution in [-0.2, 0) is 25.6 Å². The van der Waals surface area contributed by atoms with Gasteiger partial charge in [-0.25, -0.2) is 9.59 Å². The fraction of sp³-hybridized carbons (Fsp3) is 0.368. The summed E-state index contributed by atoms with van der Waals surface area (Å²) in [6.07, 6.45) is 3.54. The molecule has 27 heavy (non-hydrogen) atoms. The SMILES string of the molecule is O=C(NC(Cc1ccccc1)C(=O)O)ON1C(=O)C2C3C=CC(C3)C2C1=O. The molecule has 3 aliphatic rings. The minimum Gasteiger partial charge on any atom is -0.480 e. The van der Waals surface area contributed by atoms with Crippen LogP contribution in [0.15, 0.2) is 42.5 Å². The summed E-state index contributed by atoms with van der Waals surface area (Å²) in [5, 5.41) is 12.0. The first-order valence-electron chi connectivity index (χ1n) is 8.77. The average Bonchev–Trinajstić information content (AvgIpc) is 3.32. The molecule has 8 heteroatoms. The number of rotatable bonds is 5. The Hall–Kier alpha value is -3.16. The lowest BCUT2D eigenvalue weighted by Crippen LogP contribution is -2.46. The lowest BCUT2D eigenvalue weighted by molar-refractivity contribution is -0.174. The van der Waals surface area contributed by atoms with E-state index in [0.29, 0.717) is 5.06 Å². The molecular formula is C19H18N2O6. The van der Waals surface area contributed by atoms with E-state index in [1.165, 1.54) is 0 Å². The van der Waals surface area contributed by atoms with Crippen molar-refractivity contribution in [1.29, 1.82) is 0 Å². The quantitative estimate of drug-likeness (QED) is 0.593. The first-order valence-corrected chi connectivity index (χ1v) is 8.77. The largest absolute Gasteiger partial charge is 0.480 e. The maximum atomic E-state index is 12.5. The third-order valence-electron chi connectivity index (χ3n) is 5.48. The van der Waals surface area contributed by atoms with Gasteiger partial charge < -0.3 is 15.3 Å². The van der Waals surface area contributed by atoms with E-state index in [2.05, 4.69) is 5.32 Å². The maximum absolute atomic E-state index is 12.5. The topological polar surface area (TPSA) is 113 Å². The molecule has 1 aromatic carbocycles. The van der Waals surface area contributed by atoms with Crippen LogP contribution in [0.1, 0.15) is 12.0 Å².